The summed E-state index contributed by atoms with van der Waals surface area (Å²) in [5.74, 6) is -2.73. The molecule has 1 heterocycles. The van der Waals surface area contributed by atoms with Gasteiger partial charge in [0.05, 0.1) is 11.0 Å². The Morgan fingerprint density at radius 1 is 1.27 bits per heavy atom. The molecule has 33 heavy (non-hydrogen) atoms. The van der Waals surface area contributed by atoms with Gasteiger partial charge in [-0.05, 0) is 31.0 Å². The summed E-state index contributed by atoms with van der Waals surface area (Å²) in [7, 11) is 0. The van der Waals surface area contributed by atoms with Gasteiger partial charge in [-0.1, -0.05) is 11.8 Å². The van der Waals surface area contributed by atoms with Gasteiger partial charge in [0.2, 0.25) is 18.6 Å². The van der Waals surface area contributed by atoms with Gasteiger partial charge in [-0.15, -0.1) is 0 Å². The van der Waals surface area contributed by atoms with E-state index in [1.165, 1.54) is 38.1 Å². The van der Waals surface area contributed by atoms with Crippen molar-refractivity contribution in [1.29, 1.82) is 0 Å². The van der Waals surface area contributed by atoms with Gasteiger partial charge >= 0.3 is 6.09 Å². The summed E-state index contributed by atoms with van der Waals surface area (Å²) in [6.45, 7) is 2.63. The molecule has 178 valence electrons. The third-order valence-corrected chi connectivity index (χ3v) is 5.79. The second-order valence-electron chi connectivity index (χ2n) is 7.18. The maximum absolute atomic E-state index is 13.2. The third kappa shape index (κ3) is 6.73. The maximum atomic E-state index is 13.2. The molecule has 4 amide bonds. The number of imide groups is 1. The second kappa shape index (κ2) is 11.4. The summed E-state index contributed by atoms with van der Waals surface area (Å²) in [4.78, 5) is 70.5. The zero-order chi connectivity index (χ0) is 24.6. The van der Waals surface area contributed by atoms with E-state index in [1.807, 2.05) is 0 Å². The number of nitrogens with zero attached hydrogens (tertiary/aromatic N) is 2. The number of carbonyl (C=O) groups excluding carboxylic acids is 5. The fourth-order valence-electron chi connectivity index (χ4n) is 3.19. The monoisotopic (exact) mass is 481 g/mol. The predicted molar refractivity (Wildman–Crippen MR) is 115 cm³/mol. The largest absolute Gasteiger partial charge is 0.444 e. The molecule has 1 fully saturated rings. The number of amides is 4. The topological polar surface area (TPSA) is 177 Å². The van der Waals surface area contributed by atoms with E-state index in [2.05, 4.69) is 16.0 Å². The first-order valence-corrected chi connectivity index (χ1v) is 10.6. The van der Waals surface area contributed by atoms with Gasteiger partial charge in [0.25, 0.3) is 11.6 Å². The van der Waals surface area contributed by atoms with Crippen molar-refractivity contribution in [2.45, 2.75) is 44.0 Å². The molecule has 0 unspecified atom stereocenters. The Bertz CT molecular complexity index is 915. The van der Waals surface area contributed by atoms with E-state index in [0.29, 0.717) is 17.0 Å². The minimum Gasteiger partial charge on any atom is -0.444 e. The van der Waals surface area contributed by atoms with Crippen LogP contribution >= 0.6 is 11.8 Å². The molecule has 0 bridgehead atoms. The van der Waals surface area contributed by atoms with Crippen molar-refractivity contribution in [3.05, 3.63) is 39.9 Å². The van der Waals surface area contributed by atoms with E-state index in [9.17, 15) is 34.1 Å². The number of hydrogen-bond donors (Lipinski definition) is 3. The van der Waals surface area contributed by atoms with Crippen molar-refractivity contribution in [3.63, 3.8) is 0 Å². The van der Waals surface area contributed by atoms with Gasteiger partial charge in [-0.3, -0.25) is 29.3 Å². The normalized spacial score (nSPS) is 17.5. The Hall–Kier alpha value is -3.52. The molecule has 1 aliphatic rings. The minimum atomic E-state index is -1.94. The van der Waals surface area contributed by atoms with Crippen molar-refractivity contribution in [3.8, 4) is 0 Å². The van der Waals surface area contributed by atoms with Gasteiger partial charge in [-0.25, -0.2) is 9.69 Å². The summed E-state index contributed by atoms with van der Waals surface area (Å²) in [6, 6.07) is 4.34. The van der Waals surface area contributed by atoms with Crippen LogP contribution in [0.3, 0.4) is 0 Å². The summed E-state index contributed by atoms with van der Waals surface area (Å²) in [5.41, 5.74) is 0.261. The lowest BCUT2D eigenvalue weighted by Gasteiger charge is -2.38. The number of benzene rings is 1. The van der Waals surface area contributed by atoms with E-state index in [4.69, 9.17) is 4.74 Å². The van der Waals surface area contributed by atoms with Gasteiger partial charge < -0.3 is 20.7 Å². The molecule has 0 spiro atoms. The smallest absolute Gasteiger partial charge is 0.420 e. The molecule has 0 saturated carbocycles. The predicted octanol–water partition coefficient (Wildman–Crippen LogP) is 0.236. The third-order valence-electron chi connectivity index (χ3n) is 4.76. The molecular formula is C19H23N5O8S. The van der Waals surface area contributed by atoms with Crippen LogP contribution in [0, 0.1) is 10.1 Å². The number of carbonyl (C=O) groups is 5. The molecule has 1 aliphatic heterocycles. The Morgan fingerprint density at radius 3 is 2.39 bits per heavy atom. The van der Waals surface area contributed by atoms with Gasteiger partial charge in [-0.2, -0.15) is 0 Å². The molecule has 2 rings (SSSR count). The number of thioether (sulfide) groups is 1. The lowest BCUT2D eigenvalue weighted by atomic mass is 10.1. The maximum Gasteiger partial charge on any atom is 0.420 e. The average molecular weight is 481 g/mol. The molecule has 14 heteroatoms. The van der Waals surface area contributed by atoms with Crippen molar-refractivity contribution in [2.75, 3.05) is 6.54 Å². The van der Waals surface area contributed by atoms with Crippen LogP contribution in [0.4, 0.5) is 10.5 Å². The van der Waals surface area contributed by atoms with Crippen molar-refractivity contribution < 1.29 is 33.6 Å². The number of ether oxygens (including phenoxy) is 1. The highest BCUT2D eigenvalue weighted by Crippen LogP contribution is 2.24. The van der Waals surface area contributed by atoms with E-state index < -0.39 is 28.8 Å². The van der Waals surface area contributed by atoms with Crippen LogP contribution in [0.1, 0.15) is 25.8 Å². The average Bonchev–Trinajstić information content (AvgIpc) is 3.20. The van der Waals surface area contributed by atoms with Crippen LogP contribution in [-0.4, -0.2) is 63.4 Å². The van der Waals surface area contributed by atoms with Gasteiger partial charge in [0, 0.05) is 30.9 Å². The number of non-ortho nitro benzene ring substituents is 1. The lowest BCUT2D eigenvalue weighted by Crippen LogP contribution is -2.70. The number of nitrogens with one attached hydrogen (secondary N) is 3. The Balaban J connectivity index is 2.22. The zero-order valence-corrected chi connectivity index (χ0v) is 18.6. The first-order chi connectivity index (χ1) is 15.6. The molecule has 3 N–H and O–H groups in total. The molecule has 0 aliphatic carbocycles. The van der Waals surface area contributed by atoms with Crippen LogP contribution in [-0.2, 0) is 30.5 Å². The minimum absolute atomic E-state index is 0.121. The Morgan fingerprint density at radius 2 is 1.88 bits per heavy atom. The highest BCUT2D eigenvalue weighted by molar-refractivity contribution is 8.14. The summed E-state index contributed by atoms with van der Waals surface area (Å²) < 4.78 is 5.20. The lowest BCUT2D eigenvalue weighted by molar-refractivity contribution is -0.384. The van der Waals surface area contributed by atoms with Gasteiger partial charge in [0.15, 0.2) is 5.12 Å². The highest BCUT2D eigenvalue weighted by Gasteiger charge is 2.45. The van der Waals surface area contributed by atoms with E-state index in [0.717, 1.165) is 11.8 Å². The quantitative estimate of drug-likeness (QED) is 0.181. The molecule has 1 saturated heterocycles. The fraction of sp³-hybridized carbons (Fsp3) is 0.421. The molecule has 2 atom stereocenters. The van der Waals surface area contributed by atoms with Crippen molar-refractivity contribution in [1.82, 2.24) is 20.9 Å². The Labute approximate surface area is 192 Å². The van der Waals surface area contributed by atoms with Crippen LogP contribution in [0.15, 0.2) is 24.3 Å². The molecule has 0 aromatic heterocycles. The first kappa shape index (κ1) is 25.7. The number of hydrogen-bond acceptors (Lipinski definition) is 10. The van der Waals surface area contributed by atoms with Gasteiger partial charge in [0.1, 0.15) is 6.61 Å². The summed E-state index contributed by atoms with van der Waals surface area (Å²) in [6.07, 6.45) is -0.532. The van der Waals surface area contributed by atoms with Crippen molar-refractivity contribution >= 4 is 47.4 Å². The number of nitro benzene ring substituents is 1. The molecule has 0 radical (unpaired) electrons. The van der Waals surface area contributed by atoms with E-state index in [1.54, 1.807) is 0 Å². The molecule has 1 aromatic rings. The standard InChI is InChI=1S/C19H23N5O8S/c1-12(27)33-15-7-16(20-8-15)17(28)23(19(2,21-10-25)22-11-26)18(29)32-9-13-3-5-14(6-4-13)24(30)31/h3-6,10-11,15-16,20H,7-9H2,1-2H3,(H,21,25)(H,22,26)/t15-,16-/m0/s1. The van der Waals surface area contributed by atoms with Crippen LogP contribution < -0.4 is 16.0 Å². The van der Waals surface area contributed by atoms with Crippen molar-refractivity contribution in [2.24, 2.45) is 0 Å². The fourth-order valence-corrected chi connectivity index (χ4v) is 4.13. The Kier molecular flexibility index (Phi) is 8.87. The molecule has 1 aromatic carbocycles. The highest BCUT2D eigenvalue weighted by atomic mass is 32.2. The van der Waals surface area contributed by atoms with E-state index >= 15 is 0 Å². The van der Waals surface area contributed by atoms with E-state index in [-0.39, 0.29) is 41.9 Å². The summed E-state index contributed by atoms with van der Waals surface area (Å²) >= 11 is 1.06. The number of nitro groups is 1. The van der Waals surface area contributed by atoms with Crippen LogP contribution in [0.2, 0.25) is 0 Å². The number of rotatable bonds is 10. The summed E-state index contributed by atoms with van der Waals surface area (Å²) in [5, 5.41) is 17.8. The SMILES string of the molecule is CC(=O)S[C@@H]1CN[C@H](C(=O)N(C(=O)OCc2ccc([N+](=O)[O-])cc2)C(C)(NC=O)NC=O)C1. The second-order valence-corrected chi connectivity index (χ2v) is 8.65. The first-order valence-electron chi connectivity index (χ1n) is 9.68. The molecule has 13 nitrogen and oxygen atoms in total. The molecular weight excluding hydrogens is 458 g/mol. The zero-order valence-electron chi connectivity index (χ0n) is 17.8. The van der Waals surface area contributed by atoms with Crippen LogP contribution in [0.5, 0.6) is 0 Å². The van der Waals surface area contributed by atoms with Crippen LogP contribution in [0.25, 0.3) is 0 Å².